The molecule has 26 heavy (non-hydrogen) atoms. The van der Waals surface area contributed by atoms with Crippen LogP contribution in [0.3, 0.4) is 0 Å². The Labute approximate surface area is 150 Å². The van der Waals surface area contributed by atoms with Crippen LogP contribution >= 0.6 is 0 Å². The summed E-state index contributed by atoms with van der Waals surface area (Å²) in [5.41, 5.74) is 0.825. The molecule has 1 amide bonds. The fraction of sp³-hybridized carbons (Fsp3) is 0.158. The van der Waals surface area contributed by atoms with E-state index in [1.54, 1.807) is 12.3 Å². The molecule has 0 saturated heterocycles. The first kappa shape index (κ1) is 17.3. The van der Waals surface area contributed by atoms with E-state index in [9.17, 15) is 9.59 Å². The first-order valence-corrected chi connectivity index (χ1v) is 8.12. The van der Waals surface area contributed by atoms with E-state index in [2.05, 4.69) is 15.4 Å². The molecule has 3 rings (SSSR count). The van der Waals surface area contributed by atoms with E-state index in [1.807, 2.05) is 43.3 Å². The number of rotatable bonds is 6. The minimum Gasteiger partial charge on any atom is -0.492 e. The quantitative estimate of drug-likeness (QED) is 0.737. The van der Waals surface area contributed by atoms with Crippen molar-refractivity contribution in [3.63, 3.8) is 0 Å². The highest BCUT2D eigenvalue weighted by atomic mass is 16.5. The third-order valence-corrected chi connectivity index (χ3v) is 3.57. The molecule has 0 spiro atoms. The van der Waals surface area contributed by atoms with Crippen molar-refractivity contribution in [3.8, 4) is 5.75 Å². The Hall–Kier alpha value is -3.48. The Morgan fingerprint density at radius 1 is 1.12 bits per heavy atom. The highest BCUT2D eigenvalue weighted by molar-refractivity contribution is 6.02. The normalized spacial score (nSPS) is 10.3. The fourth-order valence-corrected chi connectivity index (χ4v) is 2.22. The smallest absolute Gasteiger partial charge is 0.277 e. The maximum atomic E-state index is 12.3. The Kier molecular flexibility index (Phi) is 5.38. The van der Waals surface area contributed by atoms with Gasteiger partial charge in [0.2, 0.25) is 0 Å². The van der Waals surface area contributed by atoms with E-state index in [-0.39, 0.29) is 24.4 Å². The molecule has 2 aromatic heterocycles. The van der Waals surface area contributed by atoms with Crippen LogP contribution in [0, 0.1) is 6.92 Å². The molecule has 0 aliphatic rings. The predicted octanol–water partition coefficient (Wildman–Crippen LogP) is 2.28. The molecule has 1 aromatic carbocycles. The van der Waals surface area contributed by atoms with Gasteiger partial charge in [-0.15, -0.1) is 0 Å². The minimum absolute atomic E-state index is 0.131. The summed E-state index contributed by atoms with van der Waals surface area (Å²) < 4.78 is 6.77. The van der Waals surface area contributed by atoms with Crippen molar-refractivity contribution in [1.29, 1.82) is 0 Å². The van der Waals surface area contributed by atoms with Crippen LogP contribution in [0.5, 0.6) is 5.75 Å². The summed E-state index contributed by atoms with van der Waals surface area (Å²) in [6.45, 7) is 2.41. The number of aryl methyl sites for hydroxylation is 1. The molecule has 0 radical (unpaired) electrons. The molecular weight excluding hydrogens is 332 g/mol. The summed E-state index contributed by atoms with van der Waals surface area (Å²) in [6, 6.07) is 15.5. The summed E-state index contributed by atoms with van der Waals surface area (Å²) in [5, 5.41) is 6.76. The number of pyridine rings is 1. The van der Waals surface area contributed by atoms with Gasteiger partial charge in [-0.1, -0.05) is 24.3 Å². The van der Waals surface area contributed by atoms with Gasteiger partial charge >= 0.3 is 0 Å². The van der Waals surface area contributed by atoms with E-state index in [1.165, 1.54) is 16.8 Å². The second-order valence-electron chi connectivity index (χ2n) is 5.62. The van der Waals surface area contributed by atoms with Gasteiger partial charge in [-0.05, 0) is 36.8 Å². The lowest BCUT2D eigenvalue weighted by Crippen LogP contribution is -2.28. The number of aromatic nitrogens is 3. The highest BCUT2D eigenvalue weighted by Crippen LogP contribution is 2.08. The van der Waals surface area contributed by atoms with Crippen molar-refractivity contribution < 1.29 is 9.53 Å². The lowest BCUT2D eigenvalue weighted by atomic mass is 10.3. The molecule has 0 atom stereocenters. The van der Waals surface area contributed by atoms with Crippen LogP contribution in [0.15, 0.2) is 65.6 Å². The van der Waals surface area contributed by atoms with Crippen LogP contribution in [-0.2, 0) is 6.54 Å². The van der Waals surface area contributed by atoms with Crippen LogP contribution in [0.25, 0.3) is 0 Å². The summed E-state index contributed by atoms with van der Waals surface area (Å²) >= 11 is 0. The fourth-order valence-electron chi connectivity index (χ4n) is 2.22. The Bertz CT molecular complexity index is 937. The zero-order chi connectivity index (χ0) is 18.4. The van der Waals surface area contributed by atoms with Gasteiger partial charge in [0.15, 0.2) is 0 Å². The van der Waals surface area contributed by atoms with Crippen LogP contribution < -0.4 is 15.6 Å². The predicted molar refractivity (Wildman–Crippen MR) is 97.4 cm³/mol. The first-order valence-electron chi connectivity index (χ1n) is 8.12. The van der Waals surface area contributed by atoms with Crippen molar-refractivity contribution in [2.45, 2.75) is 13.5 Å². The topological polar surface area (TPSA) is 86.1 Å². The molecule has 0 bridgehead atoms. The van der Waals surface area contributed by atoms with Gasteiger partial charge < -0.3 is 10.1 Å². The van der Waals surface area contributed by atoms with E-state index in [0.717, 1.165) is 5.56 Å². The Morgan fingerprint density at radius 3 is 2.65 bits per heavy atom. The third-order valence-electron chi connectivity index (χ3n) is 3.57. The van der Waals surface area contributed by atoms with Crippen molar-refractivity contribution in [2.24, 2.45) is 0 Å². The number of hydrogen-bond donors (Lipinski definition) is 1. The largest absolute Gasteiger partial charge is 0.492 e. The lowest BCUT2D eigenvalue weighted by Gasteiger charge is -2.09. The minimum atomic E-state index is -0.431. The maximum absolute atomic E-state index is 12.3. The van der Waals surface area contributed by atoms with Crippen molar-refractivity contribution >= 4 is 11.7 Å². The number of nitrogens with zero attached hydrogens (tertiary/aromatic N) is 3. The number of para-hydroxylation sites is 1. The van der Waals surface area contributed by atoms with Crippen LogP contribution in [0.2, 0.25) is 0 Å². The molecule has 0 fully saturated rings. The van der Waals surface area contributed by atoms with E-state index >= 15 is 0 Å². The monoisotopic (exact) mass is 350 g/mol. The maximum Gasteiger partial charge on any atom is 0.277 e. The SMILES string of the molecule is Cc1ccc(NC(=O)c2ccc(=O)n(CCOc3ccccc3)n2)nc1. The summed E-state index contributed by atoms with van der Waals surface area (Å²) in [4.78, 5) is 28.3. The second kappa shape index (κ2) is 8.06. The van der Waals surface area contributed by atoms with Gasteiger partial charge in [0, 0.05) is 12.3 Å². The lowest BCUT2D eigenvalue weighted by molar-refractivity contribution is 0.101. The molecule has 1 N–H and O–H groups in total. The van der Waals surface area contributed by atoms with Crippen molar-refractivity contribution in [2.75, 3.05) is 11.9 Å². The van der Waals surface area contributed by atoms with Crippen molar-refractivity contribution in [3.05, 3.63) is 82.4 Å². The van der Waals surface area contributed by atoms with Gasteiger partial charge in [-0.25, -0.2) is 9.67 Å². The summed E-state index contributed by atoms with van der Waals surface area (Å²) in [5.74, 6) is 0.700. The third kappa shape index (κ3) is 4.54. The average Bonchev–Trinajstić information content (AvgIpc) is 2.66. The van der Waals surface area contributed by atoms with Gasteiger partial charge in [-0.2, -0.15) is 5.10 Å². The number of amides is 1. The molecule has 0 aliphatic heterocycles. The van der Waals surface area contributed by atoms with E-state index in [0.29, 0.717) is 11.6 Å². The molecule has 0 saturated carbocycles. The van der Waals surface area contributed by atoms with Gasteiger partial charge in [0.05, 0.1) is 6.54 Å². The van der Waals surface area contributed by atoms with Crippen LogP contribution in [0.4, 0.5) is 5.82 Å². The number of nitrogens with one attached hydrogen (secondary N) is 1. The highest BCUT2D eigenvalue weighted by Gasteiger charge is 2.10. The molecule has 3 aromatic rings. The van der Waals surface area contributed by atoms with Crippen LogP contribution in [-0.4, -0.2) is 27.3 Å². The molecule has 0 aliphatic carbocycles. The summed E-state index contributed by atoms with van der Waals surface area (Å²) in [7, 11) is 0. The standard InChI is InChI=1S/C19H18N4O3/c1-14-7-9-17(20-13-14)21-19(25)16-8-10-18(24)23(22-16)11-12-26-15-5-3-2-4-6-15/h2-10,13H,11-12H2,1H3,(H,20,21,25). The average molecular weight is 350 g/mol. The van der Waals surface area contributed by atoms with E-state index in [4.69, 9.17) is 4.74 Å². The number of ether oxygens (including phenoxy) is 1. The second-order valence-corrected chi connectivity index (χ2v) is 5.62. The van der Waals surface area contributed by atoms with Crippen LogP contribution in [0.1, 0.15) is 16.1 Å². The van der Waals surface area contributed by atoms with Crippen molar-refractivity contribution in [1.82, 2.24) is 14.8 Å². The van der Waals surface area contributed by atoms with E-state index < -0.39 is 5.91 Å². The van der Waals surface area contributed by atoms with Gasteiger partial charge in [-0.3, -0.25) is 9.59 Å². The zero-order valence-corrected chi connectivity index (χ0v) is 14.3. The van der Waals surface area contributed by atoms with Gasteiger partial charge in [0.25, 0.3) is 11.5 Å². The zero-order valence-electron chi connectivity index (χ0n) is 14.3. The summed E-state index contributed by atoms with van der Waals surface area (Å²) in [6.07, 6.45) is 1.66. The first-order chi connectivity index (χ1) is 12.6. The Balaban J connectivity index is 1.65. The number of carbonyl (C=O) groups excluding carboxylic acids is 1. The molecule has 7 nitrogen and oxygen atoms in total. The number of hydrogen-bond acceptors (Lipinski definition) is 5. The van der Waals surface area contributed by atoms with Gasteiger partial charge in [0.1, 0.15) is 23.9 Å². The molecule has 2 heterocycles. The molecular formula is C19H18N4O3. The molecule has 0 unspecified atom stereocenters. The molecule has 132 valence electrons. The molecule has 7 heteroatoms. The Morgan fingerprint density at radius 2 is 1.92 bits per heavy atom. The number of benzene rings is 1. The number of anilines is 1. The number of carbonyl (C=O) groups is 1.